The Morgan fingerprint density at radius 3 is 1.48 bits per heavy atom. The average Bonchev–Trinajstić information content (AvgIpc) is 2.49. The topological polar surface area (TPSA) is 57.2 Å². The predicted molar refractivity (Wildman–Crippen MR) is 91.9 cm³/mol. The van der Waals surface area contributed by atoms with E-state index < -0.39 is 17.4 Å². The van der Waals surface area contributed by atoms with E-state index in [1.54, 1.807) is 21.3 Å². The minimum Gasteiger partial charge on any atom is -0.400 e. The Bertz CT molecular complexity index is 230. The number of fused-ring (bicyclic) bond motifs is 3. The Balaban J connectivity index is -0.000000621. The van der Waals surface area contributed by atoms with Crippen molar-refractivity contribution in [2.45, 2.75) is 18.1 Å². The molecule has 133 valence electrons. The van der Waals surface area contributed by atoms with Crippen molar-refractivity contribution in [1.29, 1.82) is 0 Å². The molecule has 3 aliphatic heterocycles. The monoisotopic (exact) mass is 536 g/mol. The van der Waals surface area contributed by atoms with Crippen molar-refractivity contribution in [3.05, 3.63) is 14.9 Å². The summed E-state index contributed by atoms with van der Waals surface area (Å²) in [6.45, 7) is 0. The summed E-state index contributed by atoms with van der Waals surface area (Å²) in [5.74, 6) is 0. The first-order chi connectivity index (χ1) is 8.67. The van der Waals surface area contributed by atoms with Gasteiger partial charge in [0.25, 0.3) is 0 Å². The average molecular weight is 536 g/mol. The van der Waals surface area contributed by atoms with Crippen LogP contribution in [0.15, 0.2) is 0 Å². The zero-order valence-electron chi connectivity index (χ0n) is 14.2. The molecule has 5 nitrogen and oxygen atoms in total. The normalized spacial score (nSPS) is 26.4. The van der Waals surface area contributed by atoms with Crippen molar-refractivity contribution in [3.8, 4) is 0 Å². The van der Waals surface area contributed by atoms with Crippen LogP contribution in [-0.4, -0.2) is 69.4 Å². The van der Waals surface area contributed by atoms with E-state index in [0.29, 0.717) is 0 Å². The number of hydrogen-bond donors (Lipinski definition) is 1. The fourth-order valence-corrected chi connectivity index (χ4v) is 18.8. The second-order valence-electron chi connectivity index (χ2n) is 4.65. The van der Waals surface area contributed by atoms with Crippen LogP contribution in [0.2, 0.25) is 18.1 Å². The van der Waals surface area contributed by atoms with Crippen LogP contribution in [0.3, 0.4) is 0 Å². The van der Waals surface area contributed by atoms with Crippen LogP contribution in [-0.2, 0) is 37.5 Å². The fourth-order valence-electron chi connectivity index (χ4n) is 2.76. The maximum absolute atomic E-state index is 7.00. The van der Waals surface area contributed by atoms with E-state index in [0.717, 1.165) is 7.11 Å². The summed E-state index contributed by atoms with van der Waals surface area (Å²) in [5.41, 5.74) is 0. The SMILES string of the molecule is CO.CO[Si](OC)(OC)O[Si]12CC[PH+](CC1)CC2.[CH3-].[CH3-].[Ir]. The number of aliphatic hydroxyl groups excluding tert-OH is 1. The molecule has 1 N–H and O–H groups in total. The van der Waals surface area contributed by atoms with Crippen LogP contribution < -0.4 is 0 Å². The summed E-state index contributed by atoms with van der Waals surface area (Å²) in [5, 5.41) is 7.00. The van der Waals surface area contributed by atoms with Crippen molar-refractivity contribution in [2.75, 3.05) is 46.9 Å². The Morgan fingerprint density at radius 1 is 0.857 bits per heavy atom. The molecule has 3 heterocycles. The van der Waals surface area contributed by atoms with Gasteiger partial charge in [-0.05, 0) is 18.1 Å². The predicted octanol–water partition coefficient (Wildman–Crippen LogP) is 2.07. The van der Waals surface area contributed by atoms with Gasteiger partial charge < -0.3 is 37.4 Å². The quantitative estimate of drug-likeness (QED) is 0.332. The van der Waals surface area contributed by atoms with Crippen molar-refractivity contribution in [2.24, 2.45) is 0 Å². The van der Waals surface area contributed by atoms with Crippen LogP contribution in [0.1, 0.15) is 0 Å². The third-order valence-electron chi connectivity index (χ3n) is 3.89. The van der Waals surface area contributed by atoms with Crippen LogP contribution in [0.25, 0.3) is 0 Å². The number of hydrogen-bond acceptors (Lipinski definition) is 5. The van der Waals surface area contributed by atoms with Gasteiger partial charge in [0, 0.05) is 56.5 Å². The molecule has 0 aromatic carbocycles. The first-order valence-electron chi connectivity index (χ1n) is 6.31. The largest absolute Gasteiger partial charge is 0.668 e. The second-order valence-corrected chi connectivity index (χ2v) is 14.6. The van der Waals surface area contributed by atoms with Gasteiger partial charge in [-0.1, -0.05) is 0 Å². The molecule has 0 unspecified atom stereocenters. The molecule has 21 heavy (non-hydrogen) atoms. The molecule has 2 bridgehead atoms. The van der Waals surface area contributed by atoms with Gasteiger partial charge in [-0.3, -0.25) is 0 Å². The molecular formula is C12H32IrO5PSi2-. The molecule has 3 fully saturated rings. The zero-order chi connectivity index (χ0) is 13.6. The maximum atomic E-state index is 7.00. The van der Waals surface area contributed by atoms with Crippen molar-refractivity contribution >= 4 is 25.3 Å². The van der Waals surface area contributed by atoms with E-state index in [4.69, 9.17) is 22.5 Å². The van der Waals surface area contributed by atoms with Crippen LogP contribution in [0.4, 0.5) is 0 Å². The molecule has 1 radical (unpaired) electrons. The summed E-state index contributed by atoms with van der Waals surface area (Å²) in [6, 6.07) is 3.93. The molecule has 0 amide bonds. The van der Waals surface area contributed by atoms with E-state index in [1.807, 2.05) is 0 Å². The molecule has 0 saturated carbocycles. The molecule has 9 heteroatoms. The van der Waals surface area contributed by atoms with Gasteiger partial charge in [0.2, 0.25) is 0 Å². The summed E-state index contributed by atoms with van der Waals surface area (Å²) in [6.07, 6.45) is 4.33. The van der Waals surface area contributed by atoms with Crippen LogP contribution >= 0.6 is 7.92 Å². The molecule has 3 aliphatic rings. The molecule has 0 atom stereocenters. The maximum Gasteiger partial charge on any atom is 0.668 e. The van der Waals surface area contributed by atoms with Crippen LogP contribution in [0.5, 0.6) is 0 Å². The molecule has 0 spiro atoms. The van der Waals surface area contributed by atoms with Gasteiger partial charge in [-0.15, -0.1) is 0 Å². The summed E-state index contributed by atoms with van der Waals surface area (Å²) in [4.78, 5) is 0. The van der Waals surface area contributed by atoms with Gasteiger partial charge in [0.15, 0.2) is 8.32 Å². The van der Waals surface area contributed by atoms with Gasteiger partial charge >= 0.3 is 9.05 Å². The van der Waals surface area contributed by atoms with E-state index >= 15 is 0 Å². The first-order valence-corrected chi connectivity index (χ1v) is 12.6. The van der Waals surface area contributed by atoms with Gasteiger partial charge in [0.1, 0.15) is 0 Å². The van der Waals surface area contributed by atoms with E-state index in [9.17, 15) is 0 Å². The van der Waals surface area contributed by atoms with E-state index in [-0.39, 0.29) is 42.9 Å². The Morgan fingerprint density at radius 2 is 1.19 bits per heavy atom. The number of aliphatic hydroxyl groups is 1. The Hall–Kier alpha value is 1.31. The summed E-state index contributed by atoms with van der Waals surface area (Å²) >= 11 is 0. The van der Waals surface area contributed by atoms with Crippen molar-refractivity contribution in [3.63, 3.8) is 0 Å². The van der Waals surface area contributed by atoms with Crippen LogP contribution in [0, 0.1) is 14.9 Å². The summed E-state index contributed by atoms with van der Waals surface area (Å²) in [7, 11) is 1.53. The van der Waals surface area contributed by atoms with Gasteiger partial charge in [0.05, 0.1) is 18.5 Å². The minimum absolute atomic E-state index is 0. The molecule has 0 aromatic heterocycles. The summed E-state index contributed by atoms with van der Waals surface area (Å²) < 4.78 is 22.5. The number of rotatable bonds is 5. The second kappa shape index (κ2) is 12.7. The molecule has 3 rings (SSSR count). The van der Waals surface area contributed by atoms with E-state index in [1.165, 1.54) is 36.6 Å². The smallest absolute Gasteiger partial charge is 0.400 e. The standard InChI is InChI=1S/C9H21O4PSi2.CH4O.2CH3.Ir/c1-10-16(11-2,12-3)13-15-7-4-14(5-8-15)6-9-15;1-2;;;/h4-9H2,1-3H3;2H,1H3;2*1H3;/q;;2*-1;/p+1. The fraction of sp³-hybridized carbons (Fsp3) is 0.833. The molecular weight excluding hydrogens is 503 g/mol. The third kappa shape index (κ3) is 6.75. The Labute approximate surface area is 147 Å². The molecule has 0 aromatic rings. The third-order valence-corrected chi connectivity index (χ3v) is 16.0. The molecule has 0 aliphatic carbocycles. The zero-order valence-corrected chi connectivity index (χ0v) is 19.6. The van der Waals surface area contributed by atoms with Crippen molar-refractivity contribution < 1.29 is 42.6 Å². The van der Waals surface area contributed by atoms with E-state index in [2.05, 4.69) is 0 Å². The minimum atomic E-state index is -2.80. The Kier molecular flexibility index (Phi) is 16.4. The first kappa shape index (κ1) is 27.2. The molecule has 3 saturated heterocycles. The van der Waals surface area contributed by atoms with Crippen molar-refractivity contribution in [1.82, 2.24) is 0 Å². The van der Waals surface area contributed by atoms with Gasteiger partial charge in [-0.25, -0.2) is 0 Å². The van der Waals surface area contributed by atoms with Gasteiger partial charge in [-0.2, -0.15) is 0 Å².